The number of carbonyl (C=O) groups is 2. The zero-order valence-electron chi connectivity index (χ0n) is 19.0. The van der Waals surface area contributed by atoms with Crippen molar-refractivity contribution in [3.05, 3.63) is 29.6 Å². The van der Waals surface area contributed by atoms with Gasteiger partial charge in [0.25, 0.3) is 0 Å². The van der Waals surface area contributed by atoms with Crippen molar-refractivity contribution in [3.63, 3.8) is 0 Å². The fourth-order valence-electron chi connectivity index (χ4n) is 5.10. The van der Waals surface area contributed by atoms with E-state index < -0.39 is 17.2 Å². The Kier molecular flexibility index (Phi) is 5.80. The van der Waals surface area contributed by atoms with Crippen LogP contribution in [0, 0.1) is 5.92 Å². The predicted molar refractivity (Wildman–Crippen MR) is 114 cm³/mol. The predicted octanol–water partition coefficient (Wildman–Crippen LogP) is 3.07. The van der Waals surface area contributed by atoms with E-state index in [0.717, 1.165) is 17.7 Å². The Bertz CT molecular complexity index is 885. The molecule has 0 aromatic carbocycles. The third-order valence-corrected chi connectivity index (χ3v) is 5.95. The van der Waals surface area contributed by atoms with Crippen LogP contribution in [0.3, 0.4) is 0 Å². The minimum atomic E-state index is -0.448. The molecule has 1 N–H and O–H groups in total. The van der Waals surface area contributed by atoms with Gasteiger partial charge in [0.2, 0.25) is 5.91 Å². The van der Waals surface area contributed by atoms with Crippen molar-refractivity contribution in [3.8, 4) is 0 Å². The standard InChI is InChI=1S/C22H33N5O3/c1-8-18-19(23-20(29)30-14(2)3)12-21(5,6)27(15(4)28)22(18)11-16(22)9-10-17-13-26(7)25-24-17/h8-10,13-14,16,19H,11-12H2,1-7H3,(H,23,29). The Balaban J connectivity index is 1.93. The Morgan fingerprint density at radius 2 is 2.03 bits per heavy atom. The van der Waals surface area contributed by atoms with Crippen molar-refractivity contribution in [2.24, 2.45) is 13.0 Å². The molecule has 2 amide bonds. The summed E-state index contributed by atoms with van der Waals surface area (Å²) in [5.74, 6) is 0.178. The van der Waals surface area contributed by atoms with E-state index in [9.17, 15) is 9.59 Å². The van der Waals surface area contributed by atoms with Crippen LogP contribution >= 0.6 is 0 Å². The maximum atomic E-state index is 12.8. The fourth-order valence-corrected chi connectivity index (χ4v) is 5.10. The quantitative estimate of drug-likeness (QED) is 0.764. The molecule has 2 fully saturated rings. The summed E-state index contributed by atoms with van der Waals surface area (Å²) in [6.07, 6.45) is 8.77. The summed E-state index contributed by atoms with van der Waals surface area (Å²) < 4.78 is 6.98. The maximum absolute atomic E-state index is 12.8. The van der Waals surface area contributed by atoms with E-state index in [0.29, 0.717) is 6.42 Å². The third kappa shape index (κ3) is 4.00. The number of carbonyl (C=O) groups excluding carboxylic acids is 2. The summed E-state index contributed by atoms with van der Waals surface area (Å²) in [6.45, 7) is 11.4. The van der Waals surface area contributed by atoms with Gasteiger partial charge in [-0.1, -0.05) is 17.4 Å². The first-order valence-corrected chi connectivity index (χ1v) is 10.5. The summed E-state index contributed by atoms with van der Waals surface area (Å²) in [5, 5.41) is 11.1. The maximum Gasteiger partial charge on any atom is 0.407 e. The van der Waals surface area contributed by atoms with Crippen LogP contribution in [0.15, 0.2) is 23.9 Å². The number of amides is 2. The van der Waals surface area contributed by atoms with E-state index in [1.54, 1.807) is 11.6 Å². The van der Waals surface area contributed by atoms with Gasteiger partial charge in [-0.25, -0.2) is 4.79 Å². The normalized spacial score (nSPS) is 29.1. The van der Waals surface area contributed by atoms with Crippen LogP contribution < -0.4 is 5.32 Å². The lowest BCUT2D eigenvalue weighted by Crippen LogP contribution is -2.64. The number of likely N-dealkylation sites (tertiary alicyclic amines) is 1. The number of allylic oxidation sites excluding steroid dienone is 1. The zero-order chi connectivity index (χ0) is 22.3. The number of hydrogen-bond acceptors (Lipinski definition) is 5. The lowest BCUT2D eigenvalue weighted by Gasteiger charge is -2.53. The smallest absolute Gasteiger partial charge is 0.407 e. The van der Waals surface area contributed by atoms with Crippen LogP contribution in [-0.4, -0.2) is 55.1 Å². The number of ether oxygens (including phenoxy) is 1. The van der Waals surface area contributed by atoms with Gasteiger partial charge in [0.1, 0.15) is 5.69 Å². The monoisotopic (exact) mass is 415 g/mol. The molecule has 1 saturated heterocycles. The van der Waals surface area contributed by atoms with E-state index in [-0.39, 0.29) is 24.0 Å². The van der Waals surface area contributed by atoms with Gasteiger partial charge in [-0.15, -0.1) is 5.10 Å². The molecular formula is C22H33N5O3. The second kappa shape index (κ2) is 7.89. The highest BCUT2D eigenvalue weighted by molar-refractivity contribution is 5.78. The molecule has 1 aromatic heterocycles. The van der Waals surface area contributed by atoms with E-state index in [2.05, 4.69) is 35.6 Å². The van der Waals surface area contributed by atoms with Crippen molar-refractivity contribution < 1.29 is 14.3 Å². The van der Waals surface area contributed by atoms with E-state index >= 15 is 0 Å². The number of nitrogens with one attached hydrogen (secondary N) is 1. The summed E-state index contributed by atoms with van der Waals surface area (Å²) in [7, 11) is 1.83. The van der Waals surface area contributed by atoms with Gasteiger partial charge in [0.15, 0.2) is 0 Å². The van der Waals surface area contributed by atoms with Gasteiger partial charge in [0.05, 0.1) is 23.9 Å². The molecule has 8 heteroatoms. The Morgan fingerprint density at radius 1 is 1.33 bits per heavy atom. The molecule has 1 aromatic rings. The van der Waals surface area contributed by atoms with E-state index in [1.165, 1.54) is 0 Å². The Labute approximate surface area is 178 Å². The van der Waals surface area contributed by atoms with Crippen LogP contribution in [0.25, 0.3) is 6.08 Å². The SMILES string of the molecule is CC=C1C(NC(=O)OC(C)C)CC(C)(C)N(C(C)=O)C12CC2C=Cc1cn(C)nn1. The minimum Gasteiger partial charge on any atom is -0.447 e. The summed E-state index contributed by atoms with van der Waals surface area (Å²) >= 11 is 0. The van der Waals surface area contributed by atoms with Crippen molar-refractivity contribution in [2.45, 2.75) is 77.6 Å². The Hall–Kier alpha value is -2.64. The number of alkyl carbamates (subject to hydrolysis) is 1. The summed E-state index contributed by atoms with van der Waals surface area (Å²) in [4.78, 5) is 27.1. The number of piperidine rings is 1. The van der Waals surface area contributed by atoms with Crippen LogP contribution in [0.5, 0.6) is 0 Å². The lowest BCUT2D eigenvalue weighted by atomic mass is 9.76. The van der Waals surface area contributed by atoms with Gasteiger partial charge >= 0.3 is 6.09 Å². The third-order valence-electron chi connectivity index (χ3n) is 5.95. The molecule has 2 heterocycles. The molecule has 1 saturated carbocycles. The first-order chi connectivity index (χ1) is 14.0. The second-order valence-corrected chi connectivity index (χ2v) is 9.18. The van der Waals surface area contributed by atoms with E-state index in [4.69, 9.17) is 4.74 Å². The minimum absolute atomic E-state index is 0.0398. The lowest BCUT2D eigenvalue weighted by molar-refractivity contribution is -0.140. The highest BCUT2D eigenvalue weighted by Crippen LogP contribution is 2.61. The molecule has 164 valence electrons. The molecule has 30 heavy (non-hydrogen) atoms. The first kappa shape index (κ1) is 22.1. The number of nitrogens with zero attached hydrogens (tertiary/aromatic N) is 4. The average Bonchev–Trinajstić information content (AvgIpc) is 3.11. The molecule has 0 radical (unpaired) electrons. The van der Waals surface area contributed by atoms with Crippen LogP contribution in [-0.2, 0) is 16.6 Å². The van der Waals surface area contributed by atoms with Crippen molar-refractivity contribution in [1.82, 2.24) is 25.2 Å². The highest BCUT2D eigenvalue weighted by atomic mass is 16.6. The summed E-state index contributed by atoms with van der Waals surface area (Å²) in [5.41, 5.74) is 0.979. The molecular weight excluding hydrogens is 382 g/mol. The summed E-state index contributed by atoms with van der Waals surface area (Å²) in [6, 6.07) is -0.193. The average molecular weight is 416 g/mol. The molecule has 3 atom stereocenters. The Morgan fingerprint density at radius 3 is 2.57 bits per heavy atom. The molecule has 3 unspecified atom stereocenters. The molecule has 3 rings (SSSR count). The second-order valence-electron chi connectivity index (χ2n) is 9.18. The van der Waals surface area contributed by atoms with Crippen LogP contribution in [0.2, 0.25) is 0 Å². The van der Waals surface area contributed by atoms with E-state index in [1.807, 2.05) is 51.1 Å². The van der Waals surface area contributed by atoms with Gasteiger partial charge in [0, 0.05) is 25.4 Å². The van der Waals surface area contributed by atoms with Crippen molar-refractivity contribution >= 4 is 18.1 Å². The molecule has 2 aliphatic rings. The van der Waals surface area contributed by atoms with Gasteiger partial charge < -0.3 is 15.0 Å². The van der Waals surface area contributed by atoms with Crippen LogP contribution in [0.4, 0.5) is 4.79 Å². The largest absolute Gasteiger partial charge is 0.447 e. The molecule has 0 bridgehead atoms. The number of aromatic nitrogens is 3. The van der Waals surface area contributed by atoms with Gasteiger partial charge in [-0.3, -0.25) is 9.48 Å². The molecule has 1 aliphatic heterocycles. The fraction of sp³-hybridized carbons (Fsp3) is 0.636. The number of hydrogen-bond donors (Lipinski definition) is 1. The number of aryl methyl sites for hydroxylation is 1. The van der Waals surface area contributed by atoms with Crippen LogP contribution in [0.1, 0.15) is 60.1 Å². The topological polar surface area (TPSA) is 89.4 Å². The first-order valence-electron chi connectivity index (χ1n) is 10.5. The molecule has 1 spiro atoms. The van der Waals surface area contributed by atoms with Crippen molar-refractivity contribution in [2.75, 3.05) is 0 Å². The molecule has 1 aliphatic carbocycles. The van der Waals surface area contributed by atoms with Gasteiger partial charge in [-0.05, 0) is 59.1 Å². The van der Waals surface area contributed by atoms with Gasteiger partial charge in [-0.2, -0.15) is 0 Å². The highest BCUT2D eigenvalue weighted by Gasteiger charge is 2.67. The molecule has 8 nitrogen and oxygen atoms in total. The van der Waals surface area contributed by atoms with Crippen molar-refractivity contribution in [1.29, 1.82) is 0 Å². The number of rotatable bonds is 4. The zero-order valence-corrected chi connectivity index (χ0v) is 19.0.